The normalized spacial score (nSPS) is 14.7. The van der Waals surface area contributed by atoms with Crippen molar-refractivity contribution in [1.29, 1.82) is 0 Å². The monoisotopic (exact) mass is 368 g/mol. The van der Waals surface area contributed by atoms with E-state index < -0.39 is 0 Å². The molecule has 1 aliphatic heterocycles. The molecule has 0 unspecified atom stereocenters. The lowest BCUT2D eigenvalue weighted by molar-refractivity contribution is -0.130. The summed E-state index contributed by atoms with van der Waals surface area (Å²) in [6, 6.07) is 16.1. The van der Waals surface area contributed by atoms with E-state index in [1.165, 1.54) is 5.56 Å². The summed E-state index contributed by atoms with van der Waals surface area (Å²) in [4.78, 5) is 14.5. The van der Waals surface area contributed by atoms with Crippen LogP contribution in [0.4, 0.5) is 5.69 Å². The Morgan fingerprint density at radius 2 is 1.81 bits per heavy atom. The van der Waals surface area contributed by atoms with E-state index in [-0.39, 0.29) is 12.5 Å². The number of ether oxygens (including phenoxy) is 2. The number of carbonyl (C=O) groups excluding carboxylic acids is 1. The molecule has 1 saturated heterocycles. The highest BCUT2D eigenvalue weighted by Crippen LogP contribution is 2.29. The first-order valence-corrected chi connectivity index (χ1v) is 9.47. The Morgan fingerprint density at radius 1 is 1.07 bits per heavy atom. The zero-order chi connectivity index (χ0) is 19.1. The van der Waals surface area contributed by atoms with Gasteiger partial charge in [-0.1, -0.05) is 30.3 Å². The minimum Gasteiger partial charge on any atom is -0.497 e. The lowest BCUT2D eigenvalue weighted by Crippen LogP contribution is -2.41. The van der Waals surface area contributed by atoms with Crippen LogP contribution >= 0.6 is 0 Å². The molecule has 0 saturated carbocycles. The average molecular weight is 368 g/mol. The summed E-state index contributed by atoms with van der Waals surface area (Å²) in [5.74, 6) is 2.19. The fourth-order valence-electron chi connectivity index (χ4n) is 3.56. The average Bonchev–Trinajstić information content (AvgIpc) is 2.73. The molecular weight excluding hydrogens is 340 g/mol. The van der Waals surface area contributed by atoms with E-state index in [2.05, 4.69) is 35.6 Å². The van der Waals surface area contributed by atoms with Gasteiger partial charge in [0.1, 0.15) is 11.5 Å². The van der Waals surface area contributed by atoms with E-state index in [1.807, 2.05) is 23.1 Å². The molecule has 144 valence electrons. The number of benzene rings is 2. The van der Waals surface area contributed by atoms with Crippen molar-refractivity contribution in [2.24, 2.45) is 5.92 Å². The highest BCUT2D eigenvalue weighted by Gasteiger charge is 2.23. The Bertz CT molecular complexity index is 740. The van der Waals surface area contributed by atoms with Crippen LogP contribution in [0.15, 0.2) is 48.5 Å². The molecule has 5 nitrogen and oxygen atoms in total. The van der Waals surface area contributed by atoms with E-state index in [4.69, 9.17) is 9.47 Å². The van der Waals surface area contributed by atoms with Gasteiger partial charge in [0, 0.05) is 19.2 Å². The summed E-state index contributed by atoms with van der Waals surface area (Å²) in [6.07, 6.45) is 3.23. The second kappa shape index (κ2) is 9.31. The summed E-state index contributed by atoms with van der Waals surface area (Å²) in [5.41, 5.74) is 2.18. The molecule has 5 heteroatoms. The van der Waals surface area contributed by atoms with Gasteiger partial charge in [-0.3, -0.25) is 4.79 Å². The predicted molar refractivity (Wildman–Crippen MR) is 107 cm³/mol. The third-order valence-corrected chi connectivity index (χ3v) is 5.17. The number of piperidine rings is 1. The Morgan fingerprint density at radius 3 is 2.48 bits per heavy atom. The van der Waals surface area contributed by atoms with Crippen LogP contribution in [0.5, 0.6) is 11.5 Å². The fourth-order valence-corrected chi connectivity index (χ4v) is 3.56. The molecule has 1 N–H and O–H groups in total. The van der Waals surface area contributed by atoms with Gasteiger partial charge in [-0.25, -0.2) is 0 Å². The number of likely N-dealkylation sites (tertiary alicyclic amines) is 1. The Labute approximate surface area is 161 Å². The van der Waals surface area contributed by atoms with Gasteiger partial charge < -0.3 is 19.7 Å². The molecule has 0 radical (unpaired) electrons. The first-order chi connectivity index (χ1) is 13.2. The summed E-state index contributed by atoms with van der Waals surface area (Å²) in [5, 5.41) is 3.19. The molecule has 1 fully saturated rings. The molecule has 27 heavy (non-hydrogen) atoms. The predicted octanol–water partition coefficient (Wildman–Crippen LogP) is 3.60. The van der Waals surface area contributed by atoms with E-state index in [1.54, 1.807) is 14.2 Å². The molecule has 0 aromatic heterocycles. The third-order valence-electron chi connectivity index (χ3n) is 5.17. The van der Waals surface area contributed by atoms with Crippen LogP contribution in [-0.2, 0) is 11.2 Å². The van der Waals surface area contributed by atoms with Crippen LogP contribution in [-0.4, -0.2) is 44.7 Å². The molecule has 2 aromatic rings. The number of anilines is 1. The van der Waals surface area contributed by atoms with Crippen LogP contribution in [0.3, 0.4) is 0 Å². The van der Waals surface area contributed by atoms with Gasteiger partial charge in [0.05, 0.1) is 26.5 Å². The van der Waals surface area contributed by atoms with Gasteiger partial charge in [-0.15, -0.1) is 0 Å². The van der Waals surface area contributed by atoms with Gasteiger partial charge in [0.25, 0.3) is 0 Å². The van der Waals surface area contributed by atoms with E-state index in [0.717, 1.165) is 43.8 Å². The largest absolute Gasteiger partial charge is 0.497 e. The van der Waals surface area contributed by atoms with Crippen molar-refractivity contribution in [3.05, 3.63) is 54.1 Å². The number of hydrogen-bond acceptors (Lipinski definition) is 4. The first-order valence-electron chi connectivity index (χ1n) is 9.47. The molecule has 0 bridgehead atoms. The van der Waals surface area contributed by atoms with Crippen molar-refractivity contribution >= 4 is 11.6 Å². The van der Waals surface area contributed by atoms with Crippen molar-refractivity contribution in [3.8, 4) is 11.5 Å². The summed E-state index contributed by atoms with van der Waals surface area (Å²) in [7, 11) is 3.23. The van der Waals surface area contributed by atoms with E-state index in [9.17, 15) is 4.79 Å². The quantitative estimate of drug-likeness (QED) is 0.811. The van der Waals surface area contributed by atoms with Crippen LogP contribution in [0.2, 0.25) is 0 Å². The lowest BCUT2D eigenvalue weighted by Gasteiger charge is -2.32. The van der Waals surface area contributed by atoms with Crippen LogP contribution in [0.25, 0.3) is 0 Å². The second-order valence-electron chi connectivity index (χ2n) is 6.93. The van der Waals surface area contributed by atoms with Crippen LogP contribution in [0.1, 0.15) is 18.4 Å². The zero-order valence-electron chi connectivity index (χ0n) is 16.1. The minimum absolute atomic E-state index is 0.131. The van der Waals surface area contributed by atoms with E-state index in [0.29, 0.717) is 11.7 Å². The lowest BCUT2D eigenvalue weighted by atomic mass is 9.90. The van der Waals surface area contributed by atoms with Crippen molar-refractivity contribution in [3.63, 3.8) is 0 Å². The minimum atomic E-state index is 0.131. The first kappa shape index (κ1) is 19.1. The van der Waals surface area contributed by atoms with Gasteiger partial charge in [0.15, 0.2) is 0 Å². The standard InChI is InChI=1S/C22H28N2O3/c1-26-19-8-9-20(21(15-19)27-2)23-16-22(25)24-12-10-18(11-13-24)14-17-6-4-3-5-7-17/h3-9,15,18,23H,10-14,16H2,1-2H3. The van der Waals surface area contributed by atoms with Crippen molar-refractivity contribution in [2.45, 2.75) is 19.3 Å². The molecule has 1 aliphatic rings. The van der Waals surface area contributed by atoms with Crippen molar-refractivity contribution < 1.29 is 14.3 Å². The number of nitrogens with zero attached hydrogens (tertiary/aromatic N) is 1. The zero-order valence-corrected chi connectivity index (χ0v) is 16.1. The SMILES string of the molecule is COc1ccc(NCC(=O)N2CCC(Cc3ccccc3)CC2)c(OC)c1. The van der Waals surface area contributed by atoms with Crippen molar-refractivity contribution in [1.82, 2.24) is 4.90 Å². The number of hydrogen-bond donors (Lipinski definition) is 1. The highest BCUT2D eigenvalue weighted by molar-refractivity contribution is 5.81. The number of methoxy groups -OCH3 is 2. The smallest absolute Gasteiger partial charge is 0.241 e. The van der Waals surface area contributed by atoms with E-state index >= 15 is 0 Å². The topological polar surface area (TPSA) is 50.8 Å². The van der Waals surface area contributed by atoms with Crippen LogP contribution in [0, 0.1) is 5.92 Å². The molecule has 2 aromatic carbocycles. The fraction of sp³-hybridized carbons (Fsp3) is 0.409. The van der Waals surface area contributed by atoms with Crippen LogP contribution < -0.4 is 14.8 Å². The van der Waals surface area contributed by atoms with Gasteiger partial charge in [-0.2, -0.15) is 0 Å². The molecule has 0 atom stereocenters. The number of rotatable bonds is 7. The molecule has 1 heterocycles. The summed E-state index contributed by atoms with van der Waals surface area (Å²) < 4.78 is 10.6. The van der Waals surface area contributed by atoms with Gasteiger partial charge in [-0.05, 0) is 42.9 Å². The highest BCUT2D eigenvalue weighted by atomic mass is 16.5. The molecular formula is C22H28N2O3. The number of nitrogens with one attached hydrogen (secondary N) is 1. The maximum atomic E-state index is 12.6. The summed E-state index contributed by atoms with van der Waals surface area (Å²) >= 11 is 0. The number of amides is 1. The maximum Gasteiger partial charge on any atom is 0.241 e. The molecule has 3 rings (SSSR count). The second-order valence-corrected chi connectivity index (χ2v) is 6.93. The van der Waals surface area contributed by atoms with Gasteiger partial charge >= 0.3 is 0 Å². The third kappa shape index (κ3) is 5.16. The Kier molecular flexibility index (Phi) is 6.58. The Balaban J connectivity index is 1.47. The maximum absolute atomic E-state index is 12.6. The molecule has 0 aliphatic carbocycles. The molecule has 1 amide bonds. The van der Waals surface area contributed by atoms with Crippen molar-refractivity contribution in [2.75, 3.05) is 39.2 Å². The Hall–Kier alpha value is -2.69. The molecule has 0 spiro atoms. The van der Waals surface area contributed by atoms with Gasteiger partial charge in [0.2, 0.25) is 5.91 Å². The number of carbonyl (C=O) groups is 1. The summed E-state index contributed by atoms with van der Waals surface area (Å²) in [6.45, 7) is 1.93.